The Labute approximate surface area is 154 Å². The number of fused-ring (bicyclic) bond motifs is 8. The minimum absolute atomic E-state index is 0.613. The van der Waals surface area contributed by atoms with Crippen LogP contribution in [-0.4, -0.2) is 0 Å². The first-order chi connectivity index (χ1) is 12.4. The van der Waals surface area contributed by atoms with E-state index in [2.05, 4.69) is 11.1 Å². The lowest BCUT2D eigenvalue weighted by atomic mass is 9.55. The van der Waals surface area contributed by atoms with Crippen LogP contribution in [0.1, 0.15) is 103 Å². The van der Waals surface area contributed by atoms with Crippen LogP contribution < -0.4 is 0 Å². The van der Waals surface area contributed by atoms with Crippen molar-refractivity contribution in [3.05, 3.63) is 22.3 Å². The first-order valence-electron chi connectivity index (χ1n) is 11.9. The van der Waals surface area contributed by atoms with E-state index in [0.717, 1.165) is 23.7 Å². The van der Waals surface area contributed by atoms with Gasteiger partial charge in [-0.2, -0.15) is 0 Å². The van der Waals surface area contributed by atoms with E-state index in [9.17, 15) is 0 Å². The molecule has 1 spiro atoms. The zero-order valence-corrected chi connectivity index (χ0v) is 16.1. The normalized spacial score (nSPS) is 46.1. The summed E-state index contributed by atoms with van der Waals surface area (Å²) in [5.41, 5.74) is 8.86. The van der Waals surface area contributed by atoms with Crippen LogP contribution in [0.4, 0.5) is 0 Å². The Hall–Kier alpha value is -0.520. The van der Waals surface area contributed by atoms with Gasteiger partial charge in [-0.25, -0.2) is 0 Å². The van der Waals surface area contributed by atoms with E-state index in [1.54, 1.807) is 25.7 Å². The minimum Gasteiger partial charge on any atom is -0.0667 e. The molecule has 0 amide bonds. The fourth-order valence-electron chi connectivity index (χ4n) is 9.16. The monoisotopic (exact) mass is 336 g/mol. The van der Waals surface area contributed by atoms with Gasteiger partial charge in [-0.05, 0) is 101 Å². The first-order valence-corrected chi connectivity index (χ1v) is 11.9. The van der Waals surface area contributed by atoms with E-state index in [1.165, 1.54) is 77.0 Å². The summed E-state index contributed by atoms with van der Waals surface area (Å²) < 4.78 is 0. The summed E-state index contributed by atoms with van der Waals surface area (Å²) in [5.74, 6) is 4.11. The topological polar surface area (TPSA) is 0 Å². The minimum atomic E-state index is 0.613. The molecule has 0 N–H and O–H groups in total. The first kappa shape index (κ1) is 15.5. The highest BCUT2D eigenvalue weighted by Crippen LogP contribution is 2.73. The van der Waals surface area contributed by atoms with Gasteiger partial charge in [0, 0.05) is 5.41 Å². The van der Waals surface area contributed by atoms with E-state index in [-0.39, 0.29) is 0 Å². The van der Waals surface area contributed by atoms with Crippen molar-refractivity contribution in [1.82, 2.24) is 0 Å². The third-order valence-electron chi connectivity index (χ3n) is 9.62. The second-order valence-electron chi connectivity index (χ2n) is 10.3. The van der Waals surface area contributed by atoms with E-state index in [0.29, 0.717) is 5.41 Å². The van der Waals surface area contributed by atoms with Gasteiger partial charge in [0.25, 0.3) is 0 Å². The SMILES string of the molecule is C1CCC2=C(C1)C1CCCCC1C21C2=C(CCCC2)C2CCCCC21. The van der Waals surface area contributed by atoms with Gasteiger partial charge in [0.2, 0.25) is 0 Å². The number of hydrogen-bond donors (Lipinski definition) is 0. The lowest BCUT2D eigenvalue weighted by molar-refractivity contribution is 0.0758. The van der Waals surface area contributed by atoms with Crippen LogP contribution in [0.15, 0.2) is 22.3 Å². The van der Waals surface area contributed by atoms with Gasteiger partial charge in [-0.1, -0.05) is 48.0 Å². The molecule has 4 atom stereocenters. The van der Waals surface area contributed by atoms with Crippen LogP contribution in [-0.2, 0) is 0 Å². The van der Waals surface area contributed by atoms with Gasteiger partial charge in [0.1, 0.15) is 0 Å². The zero-order valence-electron chi connectivity index (χ0n) is 16.1. The molecular formula is C25H36. The Kier molecular flexibility index (Phi) is 3.56. The molecule has 0 aromatic heterocycles. The maximum absolute atomic E-state index is 2.08. The molecule has 0 heterocycles. The molecule has 25 heavy (non-hydrogen) atoms. The van der Waals surface area contributed by atoms with Crippen molar-refractivity contribution in [1.29, 1.82) is 0 Å². The van der Waals surface area contributed by atoms with Crippen LogP contribution in [0.25, 0.3) is 0 Å². The highest BCUT2D eigenvalue weighted by atomic mass is 14.7. The van der Waals surface area contributed by atoms with Gasteiger partial charge < -0.3 is 0 Å². The van der Waals surface area contributed by atoms with Gasteiger partial charge in [-0.3, -0.25) is 0 Å². The molecule has 0 heteroatoms. The molecule has 136 valence electrons. The van der Waals surface area contributed by atoms with Crippen molar-refractivity contribution < 1.29 is 0 Å². The van der Waals surface area contributed by atoms with Crippen molar-refractivity contribution >= 4 is 0 Å². The third-order valence-corrected chi connectivity index (χ3v) is 9.62. The van der Waals surface area contributed by atoms with Crippen LogP contribution >= 0.6 is 0 Å². The molecule has 0 aromatic rings. The van der Waals surface area contributed by atoms with E-state index >= 15 is 0 Å². The molecule has 6 aliphatic carbocycles. The van der Waals surface area contributed by atoms with Crippen molar-refractivity contribution in [2.24, 2.45) is 29.1 Å². The standard InChI is InChI=1S/C25H36/c1-5-13-21-17(9-1)18-10-2-6-14-22(18)25(21)23-15-7-3-11-19(23)20-12-4-8-16-24(20)25/h17,19,21,23H,1-16H2. The molecule has 2 fully saturated rings. The Morgan fingerprint density at radius 3 is 1.44 bits per heavy atom. The predicted octanol–water partition coefficient (Wildman–Crippen LogP) is 7.35. The van der Waals surface area contributed by atoms with Gasteiger partial charge in [0.05, 0.1) is 0 Å². The fourth-order valence-corrected chi connectivity index (χ4v) is 9.16. The van der Waals surface area contributed by atoms with Crippen LogP contribution in [0.2, 0.25) is 0 Å². The smallest absolute Gasteiger partial charge is 0.0194 e. The van der Waals surface area contributed by atoms with Crippen molar-refractivity contribution in [2.75, 3.05) is 0 Å². The molecule has 4 unspecified atom stereocenters. The summed E-state index contributed by atoms with van der Waals surface area (Å²) >= 11 is 0. The molecule has 0 aromatic carbocycles. The second kappa shape index (κ2) is 5.74. The molecule has 0 aliphatic heterocycles. The maximum Gasteiger partial charge on any atom is 0.0194 e. The molecule has 2 saturated carbocycles. The third kappa shape index (κ3) is 1.90. The van der Waals surface area contributed by atoms with Gasteiger partial charge >= 0.3 is 0 Å². The molecular weight excluding hydrogens is 300 g/mol. The average Bonchev–Trinajstić information content (AvgIpc) is 3.16. The highest BCUT2D eigenvalue weighted by Gasteiger charge is 2.64. The van der Waals surface area contributed by atoms with Crippen molar-refractivity contribution in [3.63, 3.8) is 0 Å². The number of rotatable bonds is 0. The summed E-state index contributed by atoms with van der Waals surface area (Å²) in [6.07, 6.45) is 24.3. The molecule has 0 radical (unpaired) electrons. The van der Waals surface area contributed by atoms with Crippen LogP contribution in [0, 0.1) is 29.1 Å². The largest absolute Gasteiger partial charge is 0.0667 e. The fraction of sp³-hybridized carbons (Fsp3) is 0.840. The van der Waals surface area contributed by atoms with E-state index < -0.39 is 0 Å². The molecule has 0 saturated heterocycles. The van der Waals surface area contributed by atoms with Gasteiger partial charge in [0.15, 0.2) is 0 Å². The maximum atomic E-state index is 2.08. The second-order valence-corrected chi connectivity index (χ2v) is 10.3. The summed E-state index contributed by atoms with van der Waals surface area (Å²) in [6.45, 7) is 0. The predicted molar refractivity (Wildman–Crippen MR) is 104 cm³/mol. The lowest BCUT2D eigenvalue weighted by Gasteiger charge is -2.48. The number of allylic oxidation sites excluding steroid dienone is 4. The van der Waals surface area contributed by atoms with Crippen LogP contribution in [0.3, 0.4) is 0 Å². The lowest BCUT2D eigenvalue weighted by Crippen LogP contribution is -2.41. The Morgan fingerprint density at radius 1 is 0.480 bits per heavy atom. The molecule has 0 bridgehead atoms. The zero-order chi connectivity index (χ0) is 16.4. The quantitative estimate of drug-likeness (QED) is 0.405. The van der Waals surface area contributed by atoms with Crippen LogP contribution in [0.5, 0.6) is 0 Å². The molecule has 0 nitrogen and oxygen atoms in total. The van der Waals surface area contributed by atoms with Crippen molar-refractivity contribution in [2.45, 2.75) is 103 Å². The van der Waals surface area contributed by atoms with Crippen molar-refractivity contribution in [3.8, 4) is 0 Å². The molecule has 6 rings (SSSR count). The average molecular weight is 337 g/mol. The number of hydrogen-bond acceptors (Lipinski definition) is 0. The Bertz CT molecular complexity index is 576. The van der Waals surface area contributed by atoms with E-state index in [4.69, 9.17) is 0 Å². The van der Waals surface area contributed by atoms with E-state index in [1.807, 2.05) is 11.1 Å². The molecule has 6 aliphatic rings. The summed E-state index contributed by atoms with van der Waals surface area (Å²) in [7, 11) is 0. The Morgan fingerprint density at radius 2 is 0.920 bits per heavy atom. The van der Waals surface area contributed by atoms with Gasteiger partial charge in [-0.15, -0.1) is 0 Å². The highest BCUT2D eigenvalue weighted by molar-refractivity contribution is 5.51. The Balaban J connectivity index is 1.58. The summed E-state index contributed by atoms with van der Waals surface area (Å²) in [5, 5.41) is 0. The summed E-state index contributed by atoms with van der Waals surface area (Å²) in [6, 6.07) is 0. The summed E-state index contributed by atoms with van der Waals surface area (Å²) in [4.78, 5) is 0.